The van der Waals surface area contributed by atoms with E-state index < -0.39 is 11.8 Å². The molecule has 0 bridgehead atoms. The van der Waals surface area contributed by atoms with Gasteiger partial charge >= 0.3 is 11.8 Å². The van der Waals surface area contributed by atoms with Crippen LogP contribution in [0.25, 0.3) is 0 Å². The van der Waals surface area contributed by atoms with Gasteiger partial charge in [0, 0.05) is 5.56 Å². The van der Waals surface area contributed by atoms with Gasteiger partial charge in [-0.3, -0.25) is 14.8 Å². The van der Waals surface area contributed by atoms with Crippen LogP contribution in [0.4, 0.5) is 10.6 Å². The third-order valence-electron chi connectivity index (χ3n) is 3.12. The summed E-state index contributed by atoms with van der Waals surface area (Å²) in [6, 6.07) is 13.8. The molecule has 1 amide bonds. The molecule has 10 heteroatoms. The molecular formula is C16H13N5O5. The number of hydrogen-bond acceptors (Lipinski definition) is 7. The van der Waals surface area contributed by atoms with Crippen LogP contribution in [0.5, 0.6) is 0 Å². The molecule has 2 aromatic heterocycles. The molecule has 0 atom stereocenters. The SMILES string of the molecule is O=C(O)Nc1cccc(CO/N=C(/c2ccccc2)c2noc(=O)[nH]2)n1. The number of aromatic nitrogens is 3. The van der Waals surface area contributed by atoms with Crippen LogP contribution in [-0.2, 0) is 11.4 Å². The molecule has 0 aliphatic rings. The zero-order chi connectivity index (χ0) is 18.4. The highest BCUT2D eigenvalue weighted by Gasteiger charge is 2.13. The fraction of sp³-hybridized carbons (Fsp3) is 0.0625. The average molecular weight is 355 g/mol. The van der Waals surface area contributed by atoms with Crippen LogP contribution in [0, 0.1) is 0 Å². The van der Waals surface area contributed by atoms with Crippen LogP contribution in [0.3, 0.4) is 0 Å². The Bertz CT molecular complexity index is 980. The first-order chi connectivity index (χ1) is 12.6. The maximum atomic E-state index is 11.2. The van der Waals surface area contributed by atoms with Crippen molar-refractivity contribution < 1.29 is 19.3 Å². The zero-order valence-electron chi connectivity index (χ0n) is 13.2. The molecule has 0 saturated carbocycles. The zero-order valence-corrected chi connectivity index (χ0v) is 13.2. The molecule has 0 unspecified atom stereocenters. The van der Waals surface area contributed by atoms with Crippen molar-refractivity contribution in [2.45, 2.75) is 6.61 Å². The second-order valence-electron chi connectivity index (χ2n) is 4.97. The summed E-state index contributed by atoms with van der Waals surface area (Å²) in [5.74, 6) is -0.417. The van der Waals surface area contributed by atoms with Gasteiger partial charge in [-0.15, -0.1) is 0 Å². The average Bonchev–Trinajstić information content (AvgIpc) is 3.05. The highest BCUT2D eigenvalue weighted by atomic mass is 16.6. The number of H-pyrrole nitrogens is 1. The van der Waals surface area contributed by atoms with Gasteiger partial charge in [-0.05, 0) is 12.1 Å². The van der Waals surface area contributed by atoms with Gasteiger partial charge < -0.3 is 9.94 Å². The molecule has 0 aliphatic carbocycles. The number of oxime groups is 1. The molecule has 3 rings (SSSR count). The minimum atomic E-state index is -1.21. The van der Waals surface area contributed by atoms with Crippen LogP contribution in [0.2, 0.25) is 0 Å². The summed E-state index contributed by atoms with van der Waals surface area (Å²) in [4.78, 5) is 33.7. The van der Waals surface area contributed by atoms with E-state index in [4.69, 9.17) is 9.94 Å². The molecule has 2 heterocycles. The van der Waals surface area contributed by atoms with Crippen LogP contribution < -0.4 is 11.1 Å². The lowest BCUT2D eigenvalue weighted by atomic mass is 10.1. The lowest BCUT2D eigenvalue weighted by molar-refractivity contribution is 0.128. The van der Waals surface area contributed by atoms with E-state index in [1.807, 2.05) is 6.07 Å². The van der Waals surface area contributed by atoms with Gasteiger partial charge in [0.2, 0.25) is 5.82 Å². The number of aromatic amines is 1. The van der Waals surface area contributed by atoms with Crippen molar-refractivity contribution in [2.75, 3.05) is 5.32 Å². The Labute approximate surface area is 146 Å². The van der Waals surface area contributed by atoms with E-state index in [2.05, 4.69) is 30.1 Å². The van der Waals surface area contributed by atoms with Gasteiger partial charge in [0.25, 0.3) is 0 Å². The Morgan fingerprint density at radius 3 is 2.73 bits per heavy atom. The second-order valence-corrected chi connectivity index (χ2v) is 4.97. The van der Waals surface area contributed by atoms with Gasteiger partial charge in [0.15, 0.2) is 12.3 Å². The molecule has 10 nitrogen and oxygen atoms in total. The van der Waals surface area contributed by atoms with Crippen LogP contribution in [-0.4, -0.2) is 32.0 Å². The molecule has 132 valence electrons. The van der Waals surface area contributed by atoms with Crippen molar-refractivity contribution in [1.29, 1.82) is 0 Å². The number of amides is 1. The Kier molecular flexibility index (Phi) is 5.03. The molecule has 0 radical (unpaired) electrons. The number of anilines is 1. The number of hydrogen-bond donors (Lipinski definition) is 3. The summed E-state index contributed by atoms with van der Waals surface area (Å²) in [5.41, 5.74) is 1.39. The van der Waals surface area contributed by atoms with Crippen LogP contribution in [0.1, 0.15) is 17.1 Å². The standard InChI is InChI=1S/C16H13N5O5/c22-15(23)18-12-8-4-7-11(17-12)9-25-20-13(10-5-2-1-3-6-10)14-19-16(24)26-21-14/h1-8H,9H2,(H,17,18)(H,22,23)(H,19,21,24)/b20-13-. The van der Waals surface area contributed by atoms with Crippen molar-refractivity contribution >= 4 is 17.6 Å². The van der Waals surface area contributed by atoms with E-state index >= 15 is 0 Å². The first kappa shape index (κ1) is 16.9. The fourth-order valence-electron chi connectivity index (χ4n) is 2.06. The van der Waals surface area contributed by atoms with E-state index in [1.165, 1.54) is 6.07 Å². The van der Waals surface area contributed by atoms with E-state index in [9.17, 15) is 9.59 Å². The number of nitrogens with zero attached hydrogens (tertiary/aromatic N) is 3. The van der Waals surface area contributed by atoms with Gasteiger partial charge in [-0.1, -0.05) is 46.7 Å². The summed E-state index contributed by atoms with van der Waals surface area (Å²) < 4.78 is 4.51. The molecule has 26 heavy (non-hydrogen) atoms. The Morgan fingerprint density at radius 1 is 1.23 bits per heavy atom. The first-order valence-corrected chi connectivity index (χ1v) is 7.39. The quantitative estimate of drug-likeness (QED) is 0.452. The number of rotatable bonds is 6. The molecule has 0 fully saturated rings. The minimum absolute atomic E-state index is 0.0203. The lowest BCUT2D eigenvalue weighted by Crippen LogP contribution is -2.10. The van der Waals surface area contributed by atoms with Crippen molar-refractivity contribution in [3.05, 3.63) is 76.2 Å². The summed E-state index contributed by atoms with van der Waals surface area (Å²) in [5, 5.41) is 18.5. The third-order valence-corrected chi connectivity index (χ3v) is 3.12. The van der Waals surface area contributed by atoms with Crippen LogP contribution >= 0.6 is 0 Å². The summed E-state index contributed by atoms with van der Waals surface area (Å²) in [6.07, 6.45) is -1.21. The van der Waals surface area contributed by atoms with Crippen molar-refractivity contribution in [3.63, 3.8) is 0 Å². The van der Waals surface area contributed by atoms with Gasteiger partial charge in [-0.2, -0.15) is 0 Å². The van der Waals surface area contributed by atoms with Gasteiger partial charge in [-0.25, -0.2) is 14.6 Å². The predicted molar refractivity (Wildman–Crippen MR) is 89.9 cm³/mol. The normalized spacial score (nSPS) is 11.2. The van der Waals surface area contributed by atoms with E-state index in [1.54, 1.807) is 36.4 Å². The summed E-state index contributed by atoms with van der Waals surface area (Å²) in [7, 11) is 0. The van der Waals surface area contributed by atoms with Gasteiger partial charge in [0.05, 0.1) is 5.69 Å². The lowest BCUT2D eigenvalue weighted by Gasteiger charge is -2.05. The maximum Gasteiger partial charge on any atom is 0.439 e. The fourth-order valence-corrected chi connectivity index (χ4v) is 2.06. The smallest absolute Gasteiger partial charge is 0.439 e. The number of benzene rings is 1. The van der Waals surface area contributed by atoms with E-state index in [0.717, 1.165) is 0 Å². The topological polar surface area (TPSA) is 143 Å². The largest absolute Gasteiger partial charge is 0.465 e. The monoisotopic (exact) mass is 355 g/mol. The number of nitrogens with one attached hydrogen (secondary N) is 2. The molecule has 0 saturated heterocycles. The summed E-state index contributed by atoms with van der Waals surface area (Å²) >= 11 is 0. The van der Waals surface area contributed by atoms with E-state index in [0.29, 0.717) is 11.3 Å². The molecular weight excluding hydrogens is 342 g/mol. The highest BCUT2D eigenvalue weighted by molar-refractivity contribution is 6.10. The number of carboxylic acid groups (broad SMARTS) is 1. The minimum Gasteiger partial charge on any atom is -0.465 e. The van der Waals surface area contributed by atoms with Gasteiger partial charge in [0.1, 0.15) is 5.82 Å². The number of carbonyl (C=O) groups is 1. The Hall–Kier alpha value is -3.95. The Morgan fingerprint density at radius 2 is 2.04 bits per heavy atom. The molecule has 3 N–H and O–H groups in total. The number of pyridine rings is 1. The predicted octanol–water partition coefficient (Wildman–Crippen LogP) is 1.82. The van der Waals surface area contributed by atoms with Crippen molar-refractivity contribution in [2.24, 2.45) is 5.16 Å². The Balaban J connectivity index is 1.79. The van der Waals surface area contributed by atoms with Crippen molar-refractivity contribution in [3.8, 4) is 0 Å². The maximum absolute atomic E-state index is 11.2. The molecule has 0 spiro atoms. The summed E-state index contributed by atoms with van der Waals surface area (Å²) in [6.45, 7) is -0.0203. The van der Waals surface area contributed by atoms with Crippen LogP contribution in [0.15, 0.2) is 63.0 Å². The molecule has 3 aromatic rings. The first-order valence-electron chi connectivity index (χ1n) is 7.39. The highest BCUT2D eigenvalue weighted by Crippen LogP contribution is 2.09. The molecule has 1 aromatic carbocycles. The third kappa shape index (κ3) is 4.32. The second kappa shape index (κ2) is 7.75. The van der Waals surface area contributed by atoms with E-state index in [-0.39, 0.29) is 24.0 Å². The van der Waals surface area contributed by atoms with Crippen molar-refractivity contribution in [1.82, 2.24) is 15.1 Å². The molecule has 0 aliphatic heterocycles.